The van der Waals surface area contributed by atoms with E-state index < -0.39 is 4.92 Å². The van der Waals surface area contributed by atoms with Crippen LogP contribution >= 0.6 is 0 Å². The Morgan fingerprint density at radius 1 is 1.08 bits per heavy atom. The second-order valence-corrected chi connectivity index (χ2v) is 6.06. The Bertz CT molecular complexity index is 768. The number of nitro benzene ring substituents is 1. The molecule has 1 saturated heterocycles. The summed E-state index contributed by atoms with van der Waals surface area (Å²) < 4.78 is 0. The van der Waals surface area contributed by atoms with Gasteiger partial charge in [0.05, 0.1) is 11.3 Å². The van der Waals surface area contributed by atoms with Crippen LogP contribution < -0.4 is 10.6 Å². The molecule has 0 saturated carbocycles. The third-order valence-electron chi connectivity index (χ3n) is 4.37. The smallest absolute Gasteiger partial charge is 0.271 e. The summed E-state index contributed by atoms with van der Waals surface area (Å²) in [4.78, 5) is 26.8. The van der Waals surface area contributed by atoms with Gasteiger partial charge in [0.25, 0.3) is 5.69 Å². The van der Waals surface area contributed by atoms with Gasteiger partial charge in [-0.1, -0.05) is 18.2 Å². The number of amides is 1. The van der Waals surface area contributed by atoms with Gasteiger partial charge in [0.1, 0.15) is 0 Å². The van der Waals surface area contributed by atoms with Crippen molar-refractivity contribution in [1.29, 1.82) is 0 Å². The Kier molecular flexibility index (Phi) is 4.83. The van der Waals surface area contributed by atoms with Crippen LogP contribution in [0.1, 0.15) is 5.56 Å². The van der Waals surface area contributed by atoms with E-state index in [1.807, 2.05) is 23.1 Å². The molecular formula is C18H20N4O3. The lowest BCUT2D eigenvalue weighted by molar-refractivity contribution is -0.384. The van der Waals surface area contributed by atoms with Gasteiger partial charge in [-0.3, -0.25) is 14.9 Å². The van der Waals surface area contributed by atoms with E-state index in [-0.39, 0.29) is 11.6 Å². The first kappa shape index (κ1) is 16.8. The maximum Gasteiger partial charge on any atom is 0.271 e. The second-order valence-electron chi connectivity index (χ2n) is 6.06. The van der Waals surface area contributed by atoms with Gasteiger partial charge >= 0.3 is 0 Å². The van der Waals surface area contributed by atoms with E-state index in [9.17, 15) is 14.9 Å². The van der Waals surface area contributed by atoms with Crippen molar-refractivity contribution in [2.45, 2.75) is 6.42 Å². The van der Waals surface area contributed by atoms with E-state index in [2.05, 4.69) is 4.90 Å². The Balaban J connectivity index is 1.58. The van der Waals surface area contributed by atoms with Crippen LogP contribution in [0.15, 0.2) is 48.5 Å². The van der Waals surface area contributed by atoms with Crippen LogP contribution in [0.2, 0.25) is 0 Å². The summed E-state index contributed by atoms with van der Waals surface area (Å²) in [5.41, 5.74) is 8.19. The number of anilines is 2. The average Bonchev–Trinajstić information content (AvgIpc) is 2.64. The summed E-state index contributed by atoms with van der Waals surface area (Å²) in [7, 11) is 0. The highest BCUT2D eigenvalue weighted by Gasteiger charge is 2.22. The first-order valence-electron chi connectivity index (χ1n) is 8.14. The van der Waals surface area contributed by atoms with Gasteiger partial charge in [-0.25, -0.2) is 0 Å². The van der Waals surface area contributed by atoms with Gasteiger partial charge in [-0.05, 0) is 23.8 Å². The van der Waals surface area contributed by atoms with Crippen LogP contribution in [0.4, 0.5) is 17.1 Å². The van der Waals surface area contributed by atoms with Crippen molar-refractivity contribution in [3.05, 3.63) is 64.2 Å². The van der Waals surface area contributed by atoms with Crippen molar-refractivity contribution < 1.29 is 9.72 Å². The summed E-state index contributed by atoms with van der Waals surface area (Å²) >= 11 is 0. The summed E-state index contributed by atoms with van der Waals surface area (Å²) in [6, 6.07) is 13.9. The lowest BCUT2D eigenvalue weighted by Gasteiger charge is -2.36. The van der Waals surface area contributed by atoms with E-state index in [0.717, 1.165) is 11.3 Å². The number of nitrogen functional groups attached to an aromatic ring is 1. The molecule has 0 unspecified atom stereocenters. The van der Waals surface area contributed by atoms with Crippen LogP contribution in [0.25, 0.3) is 0 Å². The lowest BCUT2D eigenvalue weighted by atomic mass is 10.1. The van der Waals surface area contributed by atoms with Gasteiger partial charge in [0, 0.05) is 49.7 Å². The molecule has 1 fully saturated rings. The highest BCUT2D eigenvalue weighted by Crippen LogP contribution is 2.22. The molecule has 3 rings (SSSR count). The van der Waals surface area contributed by atoms with E-state index in [1.54, 1.807) is 24.3 Å². The van der Waals surface area contributed by atoms with Crippen LogP contribution in [-0.2, 0) is 11.2 Å². The topological polar surface area (TPSA) is 92.7 Å². The highest BCUT2D eigenvalue weighted by atomic mass is 16.6. The summed E-state index contributed by atoms with van der Waals surface area (Å²) in [5, 5.41) is 10.9. The van der Waals surface area contributed by atoms with Crippen LogP contribution in [-0.4, -0.2) is 41.9 Å². The Morgan fingerprint density at radius 2 is 1.76 bits per heavy atom. The molecule has 0 aromatic heterocycles. The number of piperazine rings is 1. The lowest BCUT2D eigenvalue weighted by Crippen LogP contribution is -2.49. The van der Waals surface area contributed by atoms with Gasteiger partial charge in [-0.2, -0.15) is 0 Å². The zero-order valence-electron chi connectivity index (χ0n) is 13.8. The fraction of sp³-hybridized carbons (Fsp3) is 0.278. The Labute approximate surface area is 145 Å². The molecule has 2 N–H and O–H groups in total. The largest absolute Gasteiger partial charge is 0.399 e. The normalized spacial score (nSPS) is 14.4. The number of nitro groups is 1. The number of nitrogens with zero attached hydrogens (tertiary/aromatic N) is 3. The predicted octanol–water partition coefficient (Wildman–Crippen LogP) is 2.07. The maximum absolute atomic E-state index is 12.4. The highest BCUT2D eigenvalue weighted by molar-refractivity contribution is 5.79. The maximum atomic E-state index is 12.4. The SMILES string of the molecule is Nc1ccc(CC(=O)N2CCN(c3cccc([N+](=O)[O-])c3)CC2)cc1. The molecule has 2 aromatic rings. The molecule has 130 valence electrons. The number of carbonyl (C=O) groups is 1. The van der Waals surface area contributed by atoms with Crippen molar-refractivity contribution in [2.75, 3.05) is 36.8 Å². The summed E-state index contributed by atoms with van der Waals surface area (Å²) in [5.74, 6) is 0.0865. The molecule has 0 aliphatic carbocycles. The molecule has 0 bridgehead atoms. The number of benzene rings is 2. The molecule has 0 spiro atoms. The standard InChI is InChI=1S/C18H20N4O3/c19-15-6-4-14(5-7-15)12-18(23)21-10-8-20(9-11-21)16-2-1-3-17(13-16)22(24)25/h1-7,13H,8-12,19H2. The fourth-order valence-corrected chi connectivity index (χ4v) is 2.94. The quantitative estimate of drug-likeness (QED) is 0.522. The minimum absolute atomic E-state index is 0.0827. The number of hydrogen-bond donors (Lipinski definition) is 1. The number of hydrogen-bond acceptors (Lipinski definition) is 5. The average molecular weight is 340 g/mol. The van der Waals surface area contributed by atoms with E-state index in [4.69, 9.17) is 5.73 Å². The van der Waals surface area contributed by atoms with E-state index >= 15 is 0 Å². The summed E-state index contributed by atoms with van der Waals surface area (Å²) in [6.45, 7) is 2.54. The van der Waals surface area contributed by atoms with Crippen molar-refractivity contribution in [3.8, 4) is 0 Å². The Hall–Kier alpha value is -3.09. The first-order chi connectivity index (χ1) is 12.0. The number of rotatable bonds is 4. The molecule has 7 heteroatoms. The second kappa shape index (κ2) is 7.21. The van der Waals surface area contributed by atoms with Gasteiger partial charge in [-0.15, -0.1) is 0 Å². The predicted molar refractivity (Wildman–Crippen MR) is 96.4 cm³/mol. The summed E-state index contributed by atoms with van der Waals surface area (Å²) in [6.07, 6.45) is 0.358. The minimum Gasteiger partial charge on any atom is -0.399 e. The molecule has 1 aliphatic heterocycles. The third kappa shape index (κ3) is 4.06. The monoisotopic (exact) mass is 340 g/mol. The van der Waals surface area contributed by atoms with Gasteiger partial charge in [0.2, 0.25) is 5.91 Å². The third-order valence-corrected chi connectivity index (χ3v) is 4.37. The first-order valence-corrected chi connectivity index (χ1v) is 8.14. The molecule has 1 heterocycles. The molecule has 0 radical (unpaired) electrons. The van der Waals surface area contributed by atoms with Gasteiger partial charge in [0.15, 0.2) is 0 Å². The molecular weight excluding hydrogens is 320 g/mol. The molecule has 0 atom stereocenters. The number of nitrogens with two attached hydrogens (primary N) is 1. The minimum atomic E-state index is -0.393. The van der Waals surface area contributed by atoms with Crippen molar-refractivity contribution in [3.63, 3.8) is 0 Å². The van der Waals surface area contributed by atoms with E-state index in [1.165, 1.54) is 6.07 Å². The van der Waals surface area contributed by atoms with Crippen molar-refractivity contribution >= 4 is 23.0 Å². The van der Waals surface area contributed by atoms with Crippen molar-refractivity contribution in [2.24, 2.45) is 0 Å². The van der Waals surface area contributed by atoms with E-state index in [0.29, 0.717) is 38.3 Å². The zero-order chi connectivity index (χ0) is 17.8. The zero-order valence-corrected chi connectivity index (χ0v) is 13.8. The van der Waals surface area contributed by atoms with Crippen LogP contribution in [0, 0.1) is 10.1 Å². The number of non-ortho nitro benzene ring substituents is 1. The van der Waals surface area contributed by atoms with Crippen LogP contribution in [0.3, 0.4) is 0 Å². The van der Waals surface area contributed by atoms with Crippen molar-refractivity contribution in [1.82, 2.24) is 4.90 Å². The molecule has 1 aliphatic rings. The van der Waals surface area contributed by atoms with Gasteiger partial charge < -0.3 is 15.5 Å². The molecule has 1 amide bonds. The number of carbonyl (C=O) groups excluding carboxylic acids is 1. The molecule has 25 heavy (non-hydrogen) atoms. The molecule has 2 aromatic carbocycles. The fourth-order valence-electron chi connectivity index (χ4n) is 2.94. The van der Waals surface area contributed by atoms with Crippen LogP contribution in [0.5, 0.6) is 0 Å². The Morgan fingerprint density at radius 3 is 2.40 bits per heavy atom. The molecule has 7 nitrogen and oxygen atoms in total.